The number of hydrogen-bond donors (Lipinski definition) is 0. The predicted molar refractivity (Wildman–Crippen MR) is 94.4 cm³/mol. The van der Waals surface area contributed by atoms with Crippen molar-refractivity contribution in [3.8, 4) is 6.07 Å². The van der Waals surface area contributed by atoms with E-state index in [0.717, 1.165) is 30.1 Å². The number of rotatable bonds is 6. The molecular formula is C21H32FN. The molecule has 128 valence electrons. The molecule has 0 unspecified atom stereocenters. The number of nitriles is 1. The molecule has 2 aliphatic carbocycles. The molecule has 0 aromatic carbocycles. The van der Waals surface area contributed by atoms with Gasteiger partial charge in [-0.05, 0) is 68.3 Å². The van der Waals surface area contributed by atoms with Crippen molar-refractivity contribution in [3.63, 3.8) is 0 Å². The molecule has 23 heavy (non-hydrogen) atoms. The van der Waals surface area contributed by atoms with Gasteiger partial charge in [0.1, 0.15) is 6.07 Å². The van der Waals surface area contributed by atoms with Gasteiger partial charge in [0.15, 0.2) is 5.83 Å². The van der Waals surface area contributed by atoms with Crippen LogP contribution in [0.5, 0.6) is 0 Å². The van der Waals surface area contributed by atoms with Gasteiger partial charge < -0.3 is 0 Å². The van der Waals surface area contributed by atoms with E-state index in [9.17, 15) is 4.39 Å². The maximum absolute atomic E-state index is 12.6. The monoisotopic (exact) mass is 317 g/mol. The summed E-state index contributed by atoms with van der Waals surface area (Å²) in [7, 11) is 0. The predicted octanol–water partition coefficient (Wildman–Crippen LogP) is 6.72. The molecule has 2 rings (SSSR count). The summed E-state index contributed by atoms with van der Waals surface area (Å²) in [6.45, 7) is 2.34. The highest BCUT2D eigenvalue weighted by atomic mass is 19.1. The van der Waals surface area contributed by atoms with Gasteiger partial charge in [-0.1, -0.05) is 51.2 Å². The standard InChI is InChI=1S/C21H32FN/c1-2-17-8-12-19(13-9-17)20-14-10-18(11-15-20)6-4-3-5-7-21(22)16-23/h3,5,7,17-20H,2,4,6,8-15H2,1H3/t17-,18?,19-,20?. The van der Waals surface area contributed by atoms with Crippen molar-refractivity contribution >= 4 is 0 Å². The second-order valence-electron chi connectivity index (χ2n) is 7.60. The Morgan fingerprint density at radius 3 is 2.09 bits per heavy atom. The second-order valence-corrected chi connectivity index (χ2v) is 7.60. The molecule has 0 spiro atoms. The number of hydrogen-bond acceptors (Lipinski definition) is 1. The first kappa shape index (κ1) is 18.2. The lowest BCUT2D eigenvalue weighted by Gasteiger charge is -2.37. The highest BCUT2D eigenvalue weighted by Crippen LogP contribution is 2.42. The highest BCUT2D eigenvalue weighted by Gasteiger charge is 2.30. The van der Waals surface area contributed by atoms with E-state index in [-0.39, 0.29) is 0 Å². The van der Waals surface area contributed by atoms with Crippen LogP contribution < -0.4 is 0 Å². The van der Waals surface area contributed by atoms with E-state index < -0.39 is 5.83 Å². The molecule has 2 fully saturated rings. The minimum absolute atomic E-state index is 0.709. The first-order valence-corrected chi connectivity index (χ1v) is 9.65. The molecule has 0 aromatic rings. The third kappa shape index (κ3) is 6.13. The Bertz CT molecular complexity index is 429. The zero-order valence-corrected chi connectivity index (χ0v) is 14.6. The van der Waals surface area contributed by atoms with Gasteiger partial charge in [-0.3, -0.25) is 0 Å². The van der Waals surface area contributed by atoms with Crippen LogP contribution in [-0.4, -0.2) is 0 Å². The molecule has 0 heterocycles. The van der Waals surface area contributed by atoms with Crippen LogP contribution in [0.1, 0.15) is 77.6 Å². The topological polar surface area (TPSA) is 23.8 Å². The summed E-state index contributed by atoms with van der Waals surface area (Å²) in [6.07, 6.45) is 20.0. The van der Waals surface area contributed by atoms with Crippen LogP contribution in [0.2, 0.25) is 0 Å². The lowest BCUT2D eigenvalue weighted by molar-refractivity contribution is 0.143. The fourth-order valence-electron chi connectivity index (χ4n) is 4.63. The SMILES string of the molecule is CC[C@H]1CC[C@H](C2CCC(CCC=CC=C(F)C#N)CC2)CC1. The molecule has 0 aromatic heterocycles. The first-order chi connectivity index (χ1) is 11.2. The molecule has 0 radical (unpaired) electrons. The zero-order valence-electron chi connectivity index (χ0n) is 14.6. The number of allylic oxidation sites excluding steroid dienone is 4. The van der Waals surface area contributed by atoms with Crippen molar-refractivity contribution in [3.05, 3.63) is 24.1 Å². The van der Waals surface area contributed by atoms with Gasteiger partial charge in [0, 0.05) is 0 Å². The summed E-state index contributed by atoms with van der Waals surface area (Å²) in [5.41, 5.74) is 0. The van der Waals surface area contributed by atoms with Gasteiger partial charge >= 0.3 is 0 Å². The molecule has 0 saturated heterocycles. The second kappa shape index (κ2) is 9.91. The van der Waals surface area contributed by atoms with Crippen molar-refractivity contribution in [1.29, 1.82) is 5.26 Å². The van der Waals surface area contributed by atoms with Crippen molar-refractivity contribution in [2.24, 2.45) is 23.7 Å². The Balaban J connectivity index is 1.62. The van der Waals surface area contributed by atoms with Crippen molar-refractivity contribution < 1.29 is 4.39 Å². The maximum Gasteiger partial charge on any atom is 0.199 e. The summed E-state index contributed by atoms with van der Waals surface area (Å²) in [6, 6.07) is 1.49. The van der Waals surface area contributed by atoms with E-state index in [1.165, 1.54) is 76.4 Å². The minimum Gasteiger partial charge on any atom is -0.195 e. The third-order valence-corrected chi connectivity index (χ3v) is 6.25. The Kier molecular flexibility index (Phi) is 7.86. The van der Waals surface area contributed by atoms with E-state index >= 15 is 0 Å². The van der Waals surface area contributed by atoms with E-state index in [2.05, 4.69) is 6.92 Å². The van der Waals surface area contributed by atoms with Crippen molar-refractivity contribution in [1.82, 2.24) is 0 Å². The highest BCUT2D eigenvalue weighted by molar-refractivity contribution is 5.18. The molecule has 0 amide bonds. The van der Waals surface area contributed by atoms with Crippen LogP contribution in [0, 0.1) is 35.0 Å². The van der Waals surface area contributed by atoms with Crippen LogP contribution in [0.4, 0.5) is 4.39 Å². The largest absolute Gasteiger partial charge is 0.199 e. The maximum atomic E-state index is 12.6. The quantitative estimate of drug-likeness (QED) is 0.394. The van der Waals surface area contributed by atoms with Gasteiger partial charge in [-0.15, -0.1) is 0 Å². The van der Waals surface area contributed by atoms with E-state index in [1.54, 1.807) is 6.08 Å². The molecule has 0 atom stereocenters. The summed E-state index contributed by atoms with van der Waals surface area (Å²) >= 11 is 0. The van der Waals surface area contributed by atoms with Gasteiger partial charge in [-0.2, -0.15) is 9.65 Å². The summed E-state index contributed by atoms with van der Waals surface area (Å²) in [5, 5.41) is 8.33. The minimum atomic E-state index is -0.709. The third-order valence-electron chi connectivity index (χ3n) is 6.25. The first-order valence-electron chi connectivity index (χ1n) is 9.65. The molecule has 0 N–H and O–H groups in total. The molecule has 2 heteroatoms. The number of halogens is 1. The van der Waals surface area contributed by atoms with Crippen LogP contribution in [-0.2, 0) is 0 Å². The average Bonchev–Trinajstić information content (AvgIpc) is 2.62. The van der Waals surface area contributed by atoms with Crippen molar-refractivity contribution in [2.45, 2.75) is 77.6 Å². The molecule has 2 saturated carbocycles. The molecular weight excluding hydrogens is 285 g/mol. The van der Waals surface area contributed by atoms with Gasteiger partial charge in [0.25, 0.3) is 0 Å². The lowest BCUT2D eigenvalue weighted by atomic mass is 9.68. The summed E-state index contributed by atoms with van der Waals surface area (Å²) in [5.74, 6) is 3.16. The van der Waals surface area contributed by atoms with E-state index in [4.69, 9.17) is 5.26 Å². The average molecular weight is 317 g/mol. The van der Waals surface area contributed by atoms with Crippen molar-refractivity contribution in [2.75, 3.05) is 0 Å². The van der Waals surface area contributed by atoms with Crippen LogP contribution in [0.25, 0.3) is 0 Å². The Morgan fingerprint density at radius 1 is 1.00 bits per heavy atom. The molecule has 1 nitrogen and oxygen atoms in total. The number of nitrogens with zero attached hydrogens (tertiary/aromatic N) is 1. The summed E-state index contributed by atoms with van der Waals surface area (Å²) in [4.78, 5) is 0. The van der Waals surface area contributed by atoms with Crippen LogP contribution >= 0.6 is 0 Å². The van der Waals surface area contributed by atoms with Gasteiger partial charge in [0.05, 0.1) is 0 Å². The molecule has 2 aliphatic rings. The smallest absolute Gasteiger partial charge is 0.195 e. The lowest BCUT2D eigenvalue weighted by Crippen LogP contribution is -2.25. The normalized spacial score (nSPS) is 32.8. The fraction of sp³-hybridized carbons (Fsp3) is 0.762. The van der Waals surface area contributed by atoms with E-state index in [0.29, 0.717) is 0 Å². The Morgan fingerprint density at radius 2 is 1.57 bits per heavy atom. The molecule has 0 aliphatic heterocycles. The van der Waals surface area contributed by atoms with Crippen LogP contribution in [0.15, 0.2) is 24.1 Å². The fourth-order valence-corrected chi connectivity index (χ4v) is 4.63. The van der Waals surface area contributed by atoms with Crippen LogP contribution in [0.3, 0.4) is 0 Å². The summed E-state index contributed by atoms with van der Waals surface area (Å²) < 4.78 is 12.6. The Hall–Kier alpha value is -1.10. The molecule has 0 bridgehead atoms. The van der Waals surface area contributed by atoms with Gasteiger partial charge in [-0.25, -0.2) is 0 Å². The zero-order chi connectivity index (χ0) is 16.5. The van der Waals surface area contributed by atoms with Gasteiger partial charge in [0.2, 0.25) is 0 Å². The van der Waals surface area contributed by atoms with E-state index in [1.807, 2.05) is 6.08 Å². The Labute approximate surface area is 141 Å².